The van der Waals surface area contributed by atoms with Crippen molar-refractivity contribution in [2.24, 2.45) is 0 Å². The molecule has 0 amide bonds. The van der Waals surface area contributed by atoms with Crippen LogP contribution in [0.25, 0.3) is 0 Å². The molecular formula is C15H13NOS. The Hall–Kier alpha value is -1.87. The first-order valence-electron chi connectivity index (χ1n) is 5.93. The highest BCUT2D eigenvalue weighted by Crippen LogP contribution is 2.27. The maximum absolute atomic E-state index is 6.06. The van der Waals surface area contributed by atoms with E-state index < -0.39 is 0 Å². The van der Waals surface area contributed by atoms with Gasteiger partial charge in [-0.1, -0.05) is 54.7 Å². The van der Waals surface area contributed by atoms with Gasteiger partial charge in [0.05, 0.1) is 12.1 Å². The summed E-state index contributed by atoms with van der Waals surface area (Å²) in [6.07, 6.45) is -0.00667. The molecule has 2 aromatic carbocycles. The molecule has 2 nitrogen and oxygen atoms in total. The zero-order chi connectivity index (χ0) is 12.4. The summed E-state index contributed by atoms with van der Waals surface area (Å²) in [5.74, 6) is 0.848. The van der Waals surface area contributed by atoms with Crippen molar-refractivity contribution in [3.05, 3.63) is 65.7 Å². The monoisotopic (exact) mass is 255 g/mol. The van der Waals surface area contributed by atoms with Crippen LogP contribution < -0.4 is 10.1 Å². The number of ether oxygens (including phenoxy) is 1. The predicted molar refractivity (Wildman–Crippen MR) is 76.0 cm³/mol. The van der Waals surface area contributed by atoms with Gasteiger partial charge in [-0.15, -0.1) is 0 Å². The van der Waals surface area contributed by atoms with Crippen molar-refractivity contribution < 1.29 is 4.74 Å². The highest BCUT2D eigenvalue weighted by Gasteiger charge is 2.20. The Labute approximate surface area is 112 Å². The molecule has 3 heteroatoms. The van der Waals surface area contributed by atoms with Crippen molar-refractivity contribution in [2.75, 3.05) is 6.54 Å². The van der Waals surface area contributed by atoms with Crippen LogP contribution in [0.4, 0.5) is 0 Å². The minimum Gasteiger partial charge on any atom is -0.483 e. The van der Waals surface area contributed by atoms with Crippen molar-refractivity contribution in [1.82, 2.24) is 5.32 Å². The summed E-state index contributed by atoms with van der Waals surface area (Å²) in [7, 11) is 0. The van der Waals surface area contributed by atoms with Crippen LogP contribution >= 0.6 is 12.2 Å². The number of hydrogen-bond acceptors (Lipinski definition) is 2. The van der Waals surface area contributed by atoms with E-state index in [1.807, 2.05) is 42.5 Å². The Kier molecular flexibility index (Phi) is 2.99. The summed E-state index contributed by atoms with van der Waals surface area (Å²) >= 11 is 5.36. The predicted octanol–water partition coefficient (Wildman–Crippen LogP) is 3.09. The van der Waals surface area contributed by atoms with Crippen LogP contribution in [0.1, 0.15) is 17.2 Å². The summed E-state index contributed by atoms with van der Waals surface area (Å²) in [6, 6.07) is 18.1. The normalized spacial score (nSPS) is 18.2. The first-order chi connectivity index (χ1) is 8.84. The number of fused-ring (bicyclic) bond motifs is 1. The number of nitrogens with one attached hydrogen (secondary N) is 1. The van der Waals surface area contributed by atoms with Crippen molar-refractivity contribution in [3.8, 4) is 5.75 Å². The number of para-hydroxylation sites is 1. The van der Waals surface area contributed by atoms with Crippen LogP contribution in [0.3, 0.4) is 0 Å². The number of benzene rings is 2. The Balaban J connectivity index is 1.97. The van der Waals surface area contributed by atoms with Gasteiger partial charge < -0.3 is 10.1 Å². The van der Waals surface area contributed by atoms with Crippen LogP contribution in [0.2, 0.25) is 0 Å². The summed E-state index contributed by atoms with van der Waals surface area (Å²) in [5.41, 5.74) is 2.12. The highest BCUT2D eigenvalue weighted by atomic mass is 32.1. The molecule has 0 bridgehead atoms. The standard InChI is InChI=1S/C15H13NOS/c18-15-12-8-4-5-9-13(12)17-14(10-16-15)11-6-2-1-3-7-11/h1-9,14H,10H2,(H,16,18)/t14-/m0/s1. The smallest absolute Gasteiger partial charge is 0.141 e. The molecule has 1 atom stereocenters. The topological polar surface area (TPSA) is 21.3 Å². The van der Waals surface area contributed by atoms with Crippen molar-refractivity contribution in [3.63, 3.8) is 0 Å². The van der Waals surface area contributed by atoms with Crippen LogP contribution in [-0.4, -0.2) is 11.5 Å². The summed E-state index contributed by atoms with van der Waals surface area (Å²) in [6.45, 7) is 0.692. The molecule has 1 heterocycles. The molecule has 3 rings (SSSR count). The molecule has 90 valence electrons. The largest absolute Gasteiger partial charge is 0.483 e. The fourth-order valence-electron chi connectivity index (χ4n) is 2.09. The lowest BCUT2D eigenvalue weighted by molar-refractivity contribution is 0.212. The molecule has 2 aromatic rings. The second kappa shape index (κ2) is 4.78. The Bertz CT molecular complexity index is 568. The zero-order valence-corrected chi connectivity index (χ0v) is 10.6. The van der Waals surface area contributed by atoms with Gasteiger partial charge in [-0.25, -0.2) is 0 Å². The molecule has 0 radical (unpaired) electrons. The van der Waals surface area contributed by atoms with Crippen molar-refractivity contribution in [2.45, 2.75) is 6.10 Å². The van der Waals surface area contributed by atoms with E-state index >= 15 is 0 Å². The van der Waals surface area contributed by atoms with Crippen molar-refractivity contribution in [1.29, 1.82) is 0 Å². The van der Waals surface area contributed by atoms with Crippen LogP contribution in [-0.2, 0) is 0 Å². The van der Waals surface area contributed by atoms with E-state index in [9.17, 15) is 0 Å². The van der Waals surface area contributed by atoms with E-state index in [0.29, 0.717) is 6.54 Å². The number of hydrogen-bond donors (Lipinski definition) is 1. The fraction of sp³-hybridized carbons (Fsp3) is 0.133. The van der Waals surface area contributed by atoms with E-state index in [0.717, 1.165) is 21.9 Å². The summed E-state index contributed by atoms with van der Waals surface area (Å²) in [5, 5.41) is 3.26. The van der Waals surface area contributed by atoms with Crippen LogP contribution in [0.5, 0.6) is 5.75 Å². The van der Waals surface area contributed by atoms with E-state index in [2.05, 4.69) is 17.4 Å². The number of rotatable bonds is 1. The van der Waals surface area contributed by atoms with Gasteiger partial charge in [0.1, 0.15) is 16.8 Å². The molecule has 1 aliphatic heterocycles. The summed E-state index contributed by atoms with van der Waals surface area (Å²) in [4.78, 5) is 0.754. The van der Waals surface area contributed by atoms with Crippen LogP contribution in [0.15, 0.2) is 54.6 Å². The summed E-state index contributed by atoms with van der Waals surface area (Å²) < 4.78 is 6.06. The Morgan fingerprint density at radius 2 is 1.72 bits per heavy atom. The molecule has 18 heavy (non-hydrogen) atoms. The van der Waals surface area contributed by atoms with Gasteiger partial charge in [-0.2, -0.15) is 0 Å². The first-order valence-corrected chi connectivity index (χ1v) is 6.34. The molecule has 0 saturated carbocycles. The molecule has 0 unspecified atom stereocenters. The highest BCUT2D eigenvalue weighted by molar-refractivity contribution is 7.80. The van der Waals surface area contributed by atoms with Gasteiger partial charge in [0.25, 0.3) is 0 Å². The van der Waals surface area contributed by atoms with Gasteiger partial charge in [0, 0.05) is 0 Å². The van der Waals surface area contributed by atoms with Crippen molar-refractivity contribution >= 4 is 17.2 Å². The average Bonchev–Trinajstić information content (AvgIpc) is 2.60. The Morgan fingerprint density at radius 1 is 1.00 bits per heavy atom. The lowest BCUT2D eigenvalue weighted by atomic mass is 10.1. The molecular weight excluding hydrogens is 242 g/mol. The van der Waals surface area contributed by atoms with E-state index in [-0.39, 0.29) is 6.10 Å². The maximum Gasteiger partial charge on any atom is 0.141 e. The third-order valence-corrected chi connectivity index (χ3v) is 3.38. The molecule has 0 aliphatic carbocycles. The molecule has 0 saturated heterocycles. The van der Waals surface area contributed by atoms with E-state index in [1.54, 1.807) is 0 Å². The number of thiocarbonyl (C=S) groups is 1. The maximum atomic E-state index is 6.06. The second-order valence-corrected chi connectivity index (χ2v) is 4.63. The first kappa shape index (κ1) is 11.2. The minimum absolute atomic E-state index is 0.00667. The lowest BCUT2D eigenvalue weighted by Crippen LogP contribution is -2.26. The van der Waals surface area contributed by atoms with Gasteiger partial charge in [0.2, 0.25) is 0 Å². The van der Waals surface area contributed by atoms with Gasteiger partial charge in [-0.05, 0) is 17.7 Å². The van der Waals surface area contributed by atoms with Gasteiger partial charge in [-0.3, -0.25) is 0 Å². The van der Waals surface area contributed by atoms with Crippen LogP contribution in [0, 0.1) is 0 Å². The third kappa shape index (κ3) is 2.09. The lowest BCUT2D eigenvalue weighted by Gasteiger charge is -2.17. The molecule has 1 aliphatic rings. The SMILES string of the molecule is S=C1NC[C@@H](c2ccccc2)Oc2ccccc21. The average molecular weight is 255 g/mol. The fourth-order valence-corrected chi connectivity index (χ4v) is 2.34. The van der Waals surface area contributed by atoms with E-state index in [4.69, 9.17) is 17.0 Å². The third-order valence-electron chi connectivity index (χ3n) is 3.02. The molecule has 0 spiro atoms. The quantitative estimate of drug-likeness (QED) is 0.791. The molecule has 0 aromatic heterocycles. The van der Waals surface area contributed by atoms with Gasteiger partial charge >= 0.3 is 0 Å². The van der Waals surface area contributed by atoms with Gasteiger partial charge in [0.15, 0.2) is 0 Å². The minimum atomic E-state index is -0.00667. The van der Waals surface area contributed by atoms with E-state index in [1.165, 1.54) is 0 Å². The molecule has 1 N–H and O–H groups in total. The Morgan fingerprint density at radius 3 is 2.56 bits per heavy atom. The molecule has 0 fully saturated rings. The zero-order valence-electron chi connectivity index (χ0n) is 9.80. The second-order valence-electron chi connectivity index (χ2n) is 4.22.